The number of rotatable bonds is 7. The number of halogens is 1. The summed E-state index contributed by atoms with van der Waals surface area (Å²) in [5.74, 6) is 1.29. The number of nitrogens with zero attached hydrogens (tertiary/aromatic N) is 4. The van der Waals surface area contributed by atoms with Crippen LogP contribution in [0, 0.1) is 5.82 Å². The van der Waals surface area contributed by atoms with Crippen molar-refractivity contribution in [3.63, 3.8) is 0 Å². The first kappa shape index (κ1) is 22.0. The summed E-state index contributed by atoms with van der Waals surface area (Å²) in [4.78, 5) is 11.7. The molecule has 7 nitrogen and oxygen atoms in total. The molecule has 1 aliphatic rings. The van der Waals surface area contributed by atoms with Gasteiger partial charge in [0.2, 0.25) is 5.95 Å². The van der Waals surface area contributed by atoms with E-state index in [1.54, 1.807) is 17.4 Å². The highest BCUT2D eigenvalue weighted by Crippen LogP contribution is 2.30. The van der Waals surface area contributed by atoms with Gasteiger partial charge in [0, 0.05) is 42.3 Å². The van der Waals surface area contributed by atoms with E-state index in [4.69, 9.17) is 9.72 Å². The van der Waals surface area contributed by atoms with Gasteiger partial charge in [-0.25, -0.2) is 14.8 Å². The molecule has 0 radical (unpaired) electrons. The molecule has 1 fully saturated rings. The summed E-state index contributed by atoms with van der Waals surface area (Å²) < 4.78 is 23.0. The maximum atomic E-state index is 14.3. The highest BCUT2D eigenvalue weighted by Gasteiger charge is 2.18. The zero-order chi connectivity index (χ0) is 23.6. The van der Waals surface area contributed by atoms with Gasteiger partial charge in [0.05, 0.1) is 30.0 Å². The third kappa shape index (κ3) is 4.45. The molecule has 0 bridgehead atoms. The Bertz CT molecular complexity index is 1480. The van der Waals surface area contributed by atoms with Crippen LogP contribution in [0.3, 0.4) is 0 Å². The maximum Gasteiger partial charge on any atom is 0.239 e. The third-order valence-corrected chi connectivity index (χ3v) is 7.14. The van der Waals surface area contributed by atoms with E-state index in [2.05, 4.69) is 43.6 Å². The zero-order valence-corrected chi connectivity index (χ0v) is 19.9. The standard InChI is InChI=1S/C26H25FN6OS/c27-21-7-3-1-5-18(21)16-33-17-19(20-6-2-4-8-23(20)33)15-28-31-26-29-22-9-14-35-24(22)25(30-26)32-10-12-34-13-11-32/h1-9,14,17,28H,10-13,15-16H2,(H,29,30,31). The number of hydrogen-bond donors (Lipinski definition) is 2. The Balaban J connectivity index is 1.22. The monoisotopic (exact) mass is 488 g/mol. The second kappa shape index (κ2) is 9.61. The van der Waals surface area contributed by atoms with Gasteiger partial charge in [-0.3, -0.25) is 5.43 Å². The van der Waals surface area contributed by atoms with Gasteiger partial charge < -0.3 is 14.2 Å². The van der Waals surface area contributed by atoms with Crippen molar-refractivity contribution >= 4 is 44.2 Å². The van der Waals surface area contributed by atoms with Crippen molar-refractivity contribution in [3.8, 4) is 0 Å². The quantitative estimate of drug-likeness (QED) is 0.321. The molecule has 2 aromatic carbocycles. The first-order valence-electron chi connectivity index (χ1n) is 11.6. The van der Waals surface area contributed by atoms with E-state index in [9.17, 15) is 4.39 Å². The molecular weight excluding hydrogens is 463 g/mol. The predicted molar refractivity (Wildman–Crippen MR) is 138 cm³/mol. The lowest BCUT2D eigenvalue weighted by molar-refractivity contribution is 0.122. The number of aromatic nitrogens is 3. The molecule has 0 saturated carbocycles. The molecule has 5 aromatic rings. The van der Waals surface area contributed by atoms with Crippen LogP contribution in [-0.2, 0) is 17.8 Å². The molecule has 6 rings (SSSR count). The number of hydrazine groups is 1. The third-order valence-electron chi connectivity index (χ3n) is 6.24. The molecular formula is C26H25FN6OS. The lowest BCUT2D eigenvalue weighted by Gasteiger charge is -2.28. The Hall–Kier alpha value is -3.53. The predicted octanol–water partition coefficient (Wildman–Crippen LogP) is 4.79. The minimum absolute atomic E-state index is 0.191. The van der Waals surface area contributed by atoms with E-state index < -0.39 is 0 Å². The van der Waals surface area contributed by atoms with E-state index in [0.29, 0.717) is 37.8 Å². The minimum Gasteiger partial charge on any atom is -0.378 e. The van der Waals surface area contributed by atoms with Crippen molar-refractivity contribution < 1.29 is 9.13 Å². The van der Waals surface area contributed by atoms with Gasteiger partial charge in [0.15, 0.2) is 5.82 Å². The summed E-state index contributed by atoms with van der Waals surface area (Å²) in [6.07, 6.45) is 2.08. The Morgan fingerprint density at radius 2 is 1.80 bits per heavy atom. The number of thiophene rings is 1. The van der Waals surface area contributed by atoms with Gasteiger partial charge >= 0.3 is 0 Å². The molecule has 0 aliphatic carbocycles. The molecule has 0 unspecified atom stereocenters. The van der Waals surface area contributed by atoms with Crippen LogP contribution in [0.1, 0.15) is 11.1 Å². The van der Waals surface area contributed by atoms with E-state index in [1.165, 1.54) is 6.07 Å². The fourth-order valence-corrected chi connectivity index (χ4v) is 5.36. The van der Waals surface area contributed by atoms with Crippen molar-refractivity contribution in [2.45, 2.75) is 13.1 Å². The molecule has 1 saturated heterocycles. The molecule has 0 atom stereocenters. The summed E-state index contributed by atoms with van der Waals surface area (Å²) in [7, 11) is 0. The van der Waals surface area contributed by atoms with E-state index >= 15 is 0 Å². The number of morpholine rings is 1. The van der Waals surface area contributed by atoms with Crippen LogP contribution in [0.25, 0.3) is 21.1 Å². The SMILES string of the molecule is Fc1ccccc1Cn1cc(CNNc2nc(N3CCOCC3)c3sccc3n2)c2ccccc21. The average molecular weight is 489 g/mol. The van der Waals surface area contributed by atoms with Crippen molar-refractivity contribution in [1.82, 2.24) is 20.0 Å². The van der Waals surface area contributed by atoms with Crippen molar-refractivity contribution in [3.05, 3.63) is 83.1 Å². The molecule has 9 heteroatoms. The fourth-order valence-electron chi connectivity index (χ4n) is 4.52. The highest BCUT2D eigenvalue weighted by atomic mass is 32.1. The van der Waals surface area contributed by atoms with Crippen molar-refractivity contribution in [1.29, 1.82) is 0 Å². The molecule has 178 valence electrons. The summed E-state index contributed by atoms with van der Waals surface area (Å²) in [5, 5.41) is 3.17. The molecule has 0 amide bonds. The Morgan fingerprint density at radius 3 is 2.69 bits per heavy atom. The van der Waals surface area contributed by atoms with Crippen LogP contribution < -0.4 is 15.8 Å². The van der Waals surface area contributed by atoms with Crippen LogP contribution >= 0.6 is 11.3 Å². The van der Waals surface area contributed by atoms with E-state index in [0.717, 1.165) is 45.6 Å². The zero-order valence-electron chi connectivity index (χ0n) is 19.1. The molecule has 3 aromatic heterocycles. The van der Waals surface area contributed by atoms with Crippen LogP contribution in [0.2, 0.25) is 0 Å². The lowest BCUT2D eigenvalue weighted by Crippen LogP contribution is -2.37. The fraction of sp³-hybridized carbons (Fsp3) is 0.231. The summed E-state index contributed by atoms with van der Waals surface area (Å²) in [6.45, 7) is 4.07. The van der Waals surface area contributed by atoms with Gasteiger partial charge in [-0.2, -0.15) is 4.98 Å². The van der Waals surface area contributed by atoms with Crippen LogP contribution in [0.15, 0.2) is 66.2 Å². The van der Waals surface area contributed by atoms with Crippen molar-refractivity contribution in [2.75, 3.05) is 36.6 Å². The van der Waals surface area contributed by atoms with E-state index in [1.807, 2.05) is 35.7 Å². The largest absolute Gasteiger partial charge is 0.378 e. The molecule has 1 aliphatic heterocycles. The Kier molecular flexibility index (Phi) is 6.03. The highest BCUT2D eigenvalue weighted by molar-refractivity contribution is 7.17. The summed E-state index contributed by atoms with van der Waals surface area (Å²) in [6, 6.07) is 17.1. The summed E-state index contributed by atoms with van der Waals surface area (Å²) in [5.41, 5.74) is 10.2. The van der Waals surface area contributed by atoms with Crippen molar-refractivity contribution in [2.24, 2.45) is 0 Å². The lowest BCUT2D eigenvalue weighted by atomic mass is 10.2. The smallest absolute Gasteiger partial charge is 0.239 e. The first-order chi connectivity index (χ1) is 17.3. The molecule has 35 heavy (non-hydrogen) atoms. The second-order valence-corrected chi connectivity index (χ2v) is 9.39. The van der Waals surface area contributed by atoms with Crippen LogP contribution in [0.4, 0.5) is 16.2 Å². The number of nitrogens with one attached hydrogen (secondary N) is 2. The van der Waals surface area contributed by atoms with Gasteiger partial charge in [-0.15, -0.1) is 11.3 Å². The van der Waals surface area contributed by atoms with Gasteiger partial charge in [-0.05, 0) is 29.1 Å². The van der Waals surface area contributed by atoms with Gasteiger partial charge in [-0.1, -0.05) is 36.4 Å². The molecule has 0 spiro atoms. The Labute approximate surface area is 206 Å². The normalized spacial score (nSPS) is 14.1. The summed E-state index contributed by atoms with van der Waals surface area (Å²) >= 11 is 1.66. The Morgan fingerprint density at radius 1 is 0.971 bits per heavy atom. The number of ether oxygens (including phenoxy) is 1. The molecule has 2 N–H and O–H groups in total. The topological polar surface area (TPSA) is 67.2 Å². The number of para-hydroxylation sites is 1. The van der Waals surface area contributed by atoms with Crippen LogP contribution in [-0.4, -0.2) is 40.8 Å². The minimum atomic E-state index is -0.191. The number of benzene rings is 2. The van der Waals surface area contributed by atoms with Crippen LogP contribution in [0.5, 0.6) is 0 Å². The maximum absolute atomic E-state index is 14.3. The first-order valence-corrected chi connectivity index (χ1v) is 12.5. The van der Waals surface area contributed by atoms with Gasteiger partial charge in [0.1, 0.15) is 5.82 Å². The average Bonchev–Trinajstić information content (AvgIpc) is 3.51. The number of anilines is 2. The van der Waals surface area contributed by atoms with E-state index in [-0.39, 0.29) is 5.82 Å². The molecule has 4 heterocycles. The number of fused-ring (bicyclic) bond motifs is 2. The second-order valence-electron chi connectivity index (χ2n) is 8.47. The van der Waals surface area contributed by atoms with Gasteiger partial charge in [0.25, 0.3) is 0 Å². The number of hydrogen-bond acceptors (Lipinski definition) is 7.